The molecule has 8 heteroatoms. The van der Waals surface area contributed by atoms with E-state index in [1.165, 1.54) is 4.90 Å². The predicted octanol–water partition coefficient (Wildman–Crippen LogP) is 1.13. The van der Waals surface area contributed by atoms with Gasteiger partial charge in [-0.2, -0.15) is 18.3 Å². The number of amides is 1. The highest BCUT2D eigenvalue weighted by Gasteiger charge is 2.34. The molecule has 0 radical (unpaired) electrons. The molecule has 5 nitrogen and oxygen atoms in total. The second-order valence-corrected chi connectivity index (χ2v) is 5.07. The highest BCUT2D eigenvalue weighted by molar-refractivity contribution is 5.76. The van der Waals surface area contributed by atoms with Crippen molar-refractivity contribution >= 4 is 5.91 Å². The summed E-state index contributed by atoms with van der Waals surface area (Å²) in [6, 6.07) is 0.834. The van der Waals surface area contributed by atoms with Crippen LogP contribution in [0.3, 0.4) is 0 Å². The van der Waals surface area contributed by atoms with Crippen molar-refractivity contribution in [3.63, 3.8) is 0 Å². The molecule has 112 valence electrons. The SMILES string of the molecule is CC1CCN(C(=O)Cn2ccc(C(F)(F)F)n2)CC1O. The molecule has 0 spiro atoms. The lowest BCUT2D eigenvalue weighted by atomic mass is 9.96. The van der Waals surface area contributed by atoms with Gasteiger partial charge in [-0.1, -0.05) is 6.92 Å². The zero-order valence-corrected chi connectivity index (χ0v) is 11.0. The Morgan fingerprint density at radius 2 is 2.25 bits per heavy atom. The fraction of sp³-hybridized carbons (Fsp3) is 0.667. The van der Waals surface area contributed by atoms with Crippen LogP contribution < -0.4 is 0 Å². The lowest BCUT2D eigenvalue weighted by Crippen LogP contribution is -2.46. The maximum atomic E-state index is 12.4. The molecule has 0 aromatic carbocycles. The maximum Gasteiger partial charge on any atom is 0.435 e. The standard InChI is InChI=1S/C12H16F3N3O2/c1-8-2-4-17(6-9(8)19)11(20)7-18-5-3-10(16-18)12(13,14)15/h3,5,8-9,19H,2,4,6-7H2,1H3. The number of nitrogens with zero attached hydrogens (tertiary/aromatic N) is 3. The largest absolute Gasteiger partial charge is 0.435 e. The fourth-order valence-corrected chi connectivity index (χ4v) is 2.11. The molecule has 0 saturated carbocycles. The van der Waals surface area contributed by atoms with Crippen LogP contribution in [0.1, 0.15) is 19.0 Å². The first-order chi connectivity index (χ1) is 9.27. The van der Waals surface area contributed by atoms with E-state index in [2.05, 4.69) is 5.10 Å². The van der Waals surface area contributed by atoms with E-state index in [0.717, 1.165) is 16.9 Å². The third-order valence-electron chi connectivity index (χ3n) is 3.50. The van der Waals surface area contributed by atoms with Gasteiger partial charge < -0.3 is 10.0 Å². The molecule has 1 amide bonds. The molecular weight excluding hydrogens is 275 g/mol. The number of carbonyl (C=O) groups is 1. The third-order valence-corrected chi connectivity index (χ3v) is 3.50. The van der Waals surface area contributed by atoms with E-state index >= 15 is 0 Å². The Balaban J connectivity index is 1.96. The van der Waals surface area contributed by atoms with Gasteiger partial charge >= 0.3 is 6.18 Å². The average Bonchev–Trinajstić information content (AvgIpc) is 2.81. The van der Waals surface area contributed by atoms with Crippen LogP contribution >= 0.6 is 0 Å². The average molecular weight is 291 g/mol. The lowest BCUT2D eigenvalue weighted by molar-refractivity contribution is -0.142. The molecule has 1 aliphatic heterocycles. The number of hydrogen-bond acceptors (Lipinski definition) is 3. The summed E-state index contributed by atoms with van der Waals surface area (Å²) in [7, 11) is 0. The number of likely N-dealkylation sites (tertiary alicyclic amines) is 1. The Morgan fingerprint density at radius 1 is 1.55 bits per heavy atom. The van der Waals surface area contributed by atoms with Crippen LogP contribution in [-0.2, 0) is 17.5 Å². The van der Waals surface area contributed by atoms with Gasteiger partial charge in [0, 0.05) is 19.3 Å². The van der Waals surface area contributed by atoms with Crippen LogP contribution in [0.25, 0.3) is 0 Å². The van der Waals surface area contributed by atoms with Crippen molar-refractivity contribution in [3.05, 3.63) is 18.0 Å². The third kappa shape index (κ3) is 3.30. The Kier molecular flexibility index (Phi) is 4.03. The summed E-state index contributed by atoms with van der Waals surface area (Å²) in [4.78, 5) is 13.4. The first kappa shape index (κ1) is 14.8. The van der Waals surface area contributed by atoms with Gasteiger partial charge in [0.1, 0.15) is 6.54 Å². The zero-order chi connectivity index (χ0) is 14.9. The van der Waals surface area contributed by atoms with Crippen molar-refractivity contribution in [2.24, 2.45) is 5.92 Å². The monoisotopic (exact) mass is 291 g/mol. The maximum absolute atomic E-state index is 12.4. The number of aliphatic hydroxyl groups is 1. The molecular formula is C12H16F3N3O2. The molecule has 1 aliphatic rings. The number of hydrogen-bond donors (Lipinski definition) is 1. The van der Waals surface area contributed by atoms with Crippen molar-refractivity contribution in [3.8, 4) is 0 Å². The number of β-amino-alcohol motifs (C(OH)–C–C–N with tert-alkyl or cyclic N) is 1. The van der Waals surface area contributed by atoms with E-state index < -0.39 is 18.0 Å². The summed E-state index contributed by atoms with van der Waals surface area (Å²) in [5, 5.41) is 13.0. The summed E-state index contributed by atoms with van der Waals surface area (Å²) in [5.41, 5.74) is -1.02. The van der Waals surface area contributed by atoms with Crippen LogP contribution in [0.15, 0.2) is 12.3 Å². The number of piperidine rings is 1. The zero-order valence-electron chi connectivity index (χ0n) is 11.0. The van der Waals surface area contributed by atoms with Gasteiger partial charge in [-0.25, -0.2) is 0 Å². The summed E-state index contributed by atoms with van der Waals surface area (Å²) in [5.74, 6) is -0.214. The van der Waals surface area contributed by atoms with Gasteiger partial charge in [0.05, 0.1) is 6.10 Å². The number of carbonyl (C=O) groups excluding carboxylic acids is 1. The molecule has 2 heterocycles. The van der Waals surface area contributed by atoms with Crippen LogP contribution in [0.5, 0.6) is 0 Å². The minimum atomic E-state index is -4.51. The Hall–Kier alpha value is -1.57. The van der Waals surface area contributed by atoms with Crippen LogP contribution in [0.4, 0.5) is 13.2 Å². The number of aromatic nitrogens is 2. The molecule has 1 aromatic heterocycles. The lowest BCUT2D eigenvalue weighted by Gasteiger charge is -2.34. The van der Waals surface area contributed by atoms with Gasteiger partial charge in [-0.15, -0.1) is 0 Å². The molecule has 2 atom stereocenters. The second-order valence-electron chi connectivity index (χ2n) is 5.07. The normalized spacial score (nSPS) is 23.9. The van der Waals surface area contributed by atoms with E-state index in [1.54, 1.807) is 0 Å². The Labute approximate surface area is 114 Å². The van der Waals surface area contributed by atoms with Gasteiger partial charge in [-0.05, 0) is 18.4 Å². The molecule has 2 unspecified atom stereocenters. The van der Waals surface area contributed by atoms with Gasteiger partial charge in [0.25, 0.3) is 0 Å². The molecule has 20 heavy (non-hydrogen) atoms. The second kappa shape index (κ2) is 5.43. The summed E-state index contributed by atoms with van der Waals surface area (Å²) in [6.07, 6.45) is -3.29. The summed E-state index contributed by atoms with van der Waals surface area (Å²) < 4.78 is 38.1. The van der Waals surface area contributed by atoms with Crippen molar-refractivity contribution in [2.45, 2.75) is 32.2 Å². The van der Waals surface area contributed by atoms with Gasteiger partial charge in [-0.3, -0.25) is 9.48 Å². The van der Waals surface area contributed by atoms with Gasteiger partial charge in [0.15, 0.2) is 5.69 Å². The molecule has 1 N–H and O–H groups in total. The molecule has 0 aliphatic carbocycles. The topological polar surface area (TPSA) is 58.4 Å². The van der Waals surface area contributed by atoms with E-state index in [-0.39, 0.29) is 24.9 Å². The molecule has 1 fully saturated rings. The number of halogens is 3. The minimum Gasteiger partial charge on any atom is -0.391 e. The van der Waals surface area contributed by atoms with E-state index in [4.69, 9.17) is 0 Å². The van der Waals surface area contributed by atoms with Crippen LogP contribution in [-0.4, -0.2) is 44.9 Å². The van der Waals surface area contributed by atoms with Crippen molar-refractivity contribution < 1.29 is 23.1 Å². The quantitative estimate of drug-likeness (QED) is 0.888. The highest BCUT2D eigenvalue weighted by atomic mass is 19.4. The van der Waals surface area contributed by atoms with E-state index in [9.17, 15) is 23.1 Å². The van der Waals surface area contributed by atoms with Crippen molar-refractivity contribution in [1.82, 2.24) is 14.7 Å². The smallest absolute Gasteiger partial charge is 0.391 e. The van der Waals surface area contributed by atoms with E-state index in [1.807, 2.05) is 6.92 Å². The summed E-state index contributed by atoms with van der Waals surface area (Å²) in [6.45, 7) is 2.37. The van der Waals surface area contributed by atoms with Crippen molar-refractivity contribution in [1.29, 1.82) is 0 Å². The first-order valence-corrected chi connectivity index (χ1v) is 6.34. The predicted molar refractivity (Wildman–Crippen MR) is 63.6 cm³/mol. The van der Waals surface area contributed by atoms with Crippen LogP contribution in [0.2, 0.25) is 0 Å². The molecule has 1 aromatic rings. The Morgan fingerprint density at radius 3 is 2.80 bits per heavy atom. The Bertz CT molecular complexity index is 487. The summed E-state index contributed by atoms with van der Waals surface area (Å²) >= 11 is 0. The highest BCUT2D eigenvalue weighted by Crippen LogP contribution is 2.27. The van der Waals surface area contributed by atoms with Gasteiger partial charge in [0.2, 0.25) is 5.91 Å². The van der Waals surface area contributed by atoms with Crippen molar-refractivity contribution in [2.75, 3.05) is 13.1 Å². The minimum absolute atomic E-state index is 0.126. The molecule has 0 bridgehead atoms. The first-order valence-electron chi connectivity index (χ1n) is 6.34. The molecule has 1 saturated heterocycles. The van der Waals surface area contributed by atoms with Crippen LogP contribution in [0, 0.1) is 5.92 Å². The number of rotatable bonds is 2. The number of aliphatic hydroxyl groups excluding tert-OH is 1. The van der Waals surface area contributed by atoms with E-state index in [0.29, 0.717) is 13.0 Å². The molecule has 2 rings (SSSR count). The number of alkyl halides is 3. The fourth-order valence-electron chi connectivity index (χ4n) is 2.11.